The molecule has 0 aliphatic rings. The molecule has 0 saturated carbocycles. The molecule has 1 N–H and O–H groups in total. The van der Waals surface area contributed by atoms with Gasteiger partial charge < -0.3 is 10.2 Å². The predicted octanol–water partition coefficient (Wildman–Crippen LogP) is 3.91. The van der Waals surface area contributed by atoms with Crippen LogP contribution in [0.2, 0.25) is 0 Å². The highest BCUT2D eigenvalue weighted by Gasteiger charge is 2.17. The Morgan fingerprint density at radius 3 is 2.42 bits per heavy atom. The van der Waals surface area contributed by atoms with Gasteiger partial charge in [0.1, 0.15) is 0 Å². The van der Waals surface area contributed by atoms with Gasteiger partial charge in [0.25, 0.3) is 0 Å². The summed E-state index contributed by atoms with van der Waals surface area (Å²) in [6.45, 7) is 2.35. The molecule has 0 aliphatic heterocycles. The van der Waals surface area contributed by atoms with E-state index < -0.39 is 0 Å². The lowest BCUT2D eigenvalue weighted by molar-refractivity contribution is -0.122. The fourth-order valence-corrected chi connectivity index (χ4v) is 2.69. The van der Waals surface area contributed by atoms with E-state index in [-0.39, 0.29) is 31.1 Å². The fourth-order valence-electron chi connectivity index (χ4n) is 2.69. The van der Waals surface area contributed by atoms with E-state index in [2.05, 4.69) is 11.4 Å². The van der Waals surface area contributed by atoms with Gasteiger partial charge in [-0.15, -0.1) is 0 Å². The van der Waals surface area contributed by atoms with Crippen molar-refractivity contribution in [3.8, 4) is 6.07 Å². The monoisotopic (exact) mass is 349 g/mol. The molecule has 134 valence electrons. The van der Waals surface area contributed by atoms with Gasteiger partial charge in [-0.25, -0.2) is 0 Å². The summed E-state index contributed by atoms with van der Waals surface area (Å²) >= 11 is 0. The minimum absolute atomic E-state index is 0.0977. The molecule has 0 atom stereocenters. The Morgan fingerprint density at radius 1 is 1.04 bits per heavy atom. The minimum Gasteiger partial charge on any atom is -0.326 e. The number of nitrogens with one attached hydrogen (secondary N) is 1. The summed E-state index contributed by atoms with van der Waals surface area (Å²) in [6, 6.07) is 18.9. The third-order valence-corrected chi connectivity index (χ3v) is 4.05. The van der Waals surface area contributed by atoms with Crippen LogP contribution in [-0.2, 0) is 16.0 Å². The number of amides is 2. The van der Waals surface area contributed by atoms with Crippen molar-refractivity contribution in [1.82, 2.24) is 0 Å². The molecule has 2 amide bonds. The van der Waals surface area contributed by atoms with Crippen LogP contribution in [0.1, 0.15) is 31.7 Å². The predicted molar refractivity (Wildman–Crippen MR) is 103 cm³/mol. The molecule has 0 fully saturated rings. The van der Waals surface area contributed by atoms with Gasteiger partial charge in [0.2, 0.25) is 11.8 Å². The number of carbonyl (C=O) groups excluding carboxylic acids is 2. The molecule has 2 aromatic carbocycles. The lowest BCUT2D eigenvalue weighted by Gasteiger charge is -2.21. The first kappa shape index (κ1) is 19.2. The smallest absolute Gasteiger partial charge is 0.227 e. The van der Waals surface area contributed by atoms with Crippen LogP contribution < -0.4 is 10.2 Å². The van der Waals surface area contributed by atoms with Crippen LogP contribution in [0.15, 0.2) is 54.6 Å². The summed E-state index contributed by atoms with van der Waals surface area (Å²) in [5, 5.41) is 11.7. The molecule has 5 heteroatoms. The molecule has 26 heavy (non-hydrogen) atoms. The van der Waals surface area contributed by atoms with Crippen molar-refractivity contribution in [1.29, 1.82) is 5.26 Å². The number of hydrogen-bond acceptors (Lipinski definition) is 3. The first-order valence-corrected chi connectivity index (χ1v) is 8.75. The summed E-state index contributed by atoms with van der Waals surface area (Å²) in [4.78, 5) is 26.4. The molecule has 0 unspecified atom stereocenters. The molecule has 0 saturated heterocycles. The van der Waals surface area contributed by atoms with Gasteiger partial charge in [0.15, 0.2) is 0 Å². The maximum Gasteiger partial charge on any atom is 0.227 e. The molecule has 0 aliphatic carbocycles. The SMILES string of the molecule is CCc1ccccc1NC(=O)CCC(=O)N(CCC#N)c1ccccc1. The zero-order valence-corrected chi connectivity index (χ0v) is 14.9. The number of nitriles is 1. The van der Waals surface area contributed by atoms with Gasteiger partial charge in [-0.1, -0.05) is 43.3 Å². The first-order chi connectivity index (χ1) is 12.7. The zero-order valence-electron chi connectivity index (χ0n) is 14.9. The summed E-state index contributed by atoms with van der Waals surface area (Å²) in [6.07, 6.45) is 1.27. The maximum absolute atomic E-state index is 12.6. The van der Waals surface area contributed by atoms with Gasteiger partial charge in [0, 0.05) is 30.8 Å². The summed E-state index contributed by atoms with van der Waals surface area (Å²) < 4.78 is 0. The van der Waals surface area contributed by atoms with Crippen LogP contribution in [0.25, 0.3) is 0 Å². The van der Waals surface area contributed by atoms with Crippen molar-refractivity contribution in [3.63, 3.8) is 0 Å². The average Bonchev–Trinajstić information content (AvgIpc) is 2.68. The van der Waals surface area contributed by atoms with Crippen molar-refractivity contribution < 1.29 is 9.59 Å². The van der Waals surface area contributed by atoms with E-state index in [4.69, 9.17) is 5.26 Å². The number of aryl methyl sites for hydroxylation is 1. The van der Waals surface area contributed by atoms with E-state index >= 15 is 0 Å². The number of nitrogens with zero attached hydrogens (tertiary/aromatic N) is 2. The highest BCUT2D eigenvalue weighted by Crippen LogP contribution is 2.18. The third-order valence-electron chi connectivity index (χ3n) is 4.05. The highest BCUT2D eigenvalue weighted by atomic mass is 16.2. The quantitative estimate of drug-likeness (QED) is 0.785. The fraction of sp³-hybridized carbons (Fsp3) is 0.286. The van der Waals surface area contributed by atoms with E-state index in [1.54, 1.807) is 4.90 Å². The van der Waals surface area contributed by atoms with Crippen LogP contribution in [0.3, 0.4) is 0 Å². The lowest BCUT2D eigenvalue weighted by Crippen LogP contribution is -2.32. The van der Waals surface area contributed by atoms with E-state index in [0.29, 0.717) is 6.54 Å². The third kappa shape index (κ3) is 5.45. The summed E-state index contributed by atoms with van der Waals surface area (Å²) in [5.74, 6) is -0.349. The van der Waals surface area contributed by atoms with Crippen LogP contribution in [0.5, 0.6) is 0 Å². The molecular weight excluding hydrogens is 326 g/mol. The minimum atomic E-state index is -0.187. The largest absolute Gasteiger partial charge is 0.326 e. The molecule has 2 rings (SSSR count). The standard InChI is InChI=1S/C21H23N3O2/c1-2-17-9-6-7-12-19(17)23-20(25)13-14-21(26)24(16-8-15-22)18-10-4-3-5-11-18/h3-7,9-12H,2,8,13-14,16H2,1H3,(H,23,25). The molecule has 0 aromatic heterocycles. The number of anilines is 2. The maximum atomic E-state index is 12.6. The van der Waals surface area contributed by atoms with Gasteiger partial charge >= 0.3 is 0 Å². The summed E-state index contributed by atoms with van der Waals surface area (Å²) in [5.41, 5.74) is 2.59. The Kier molecular flexibility index (Phi) is 7.38. The Hall–Kier alpha value is -3.13. The lowest BCUT2D eigenvalue weighted by atomic mass is 10.1. The number of benzene rings is 2. The highest BCUT2D eigenvalue weighted by molar-refractivity contribution is 5.98. The second-order valence-electron chi connectivity index (χ2n) is 5.85. The van der Waals surface area contributed by atoms with E-state index in [1.165, 1.54) is 0 Å². The van der Waals surface area contributed by atoms with Crippen molar-refractivity contribution in [3.05, 3.63) is 60.2 Å². The Bertz CT molecular complexity index is 781. The number of rotatable bonds is 8. The molecule has 0 spiro atoms. The van der Waals surface area contributed by atoms with Gasteiger partial charge in [-0.2, -0.15) is 5.26 Å². The Morgan fingerprint density at radius 2 is 1.73 bits per heavy atom. The van der Waals surface area contributed by atoms with Gasteiger partial charge in [-0.05, 0) is 30.2 Å². The van der Waals surface area contributed by atoms with Crippen LogP contribution in [0, 0.1) is 11.3 Å². The van der Waals surface area contributed by atoms with Gasteiger partial charge in [0.05, 0.1) is 12.5 Å². The van der Waals surface area contributed by atoms with Crippen molar-refractivity contribution in [2.45, 2.75) is 32.6 Å². The van der Waals surface area contributed by atoms with Crippen LogP contribution >= 0.6 is 0 Å². The Balaban J connectivity index is 1.96. The molecule has 2 aromatic rings. The van der Waals surface area contributed by atoms with Gasteiger partial charge in [-0.3, -0.25) is 9.59 Å². The normalized spacial score (nSPS) is 10.0. The Labute approximate surface area is 154 Å². The number of carbonyl (C=O) groups is 2. The van der Waals surface area contributed by atoms with E-state index in [0.717, 1.165) is 23.4 Å². The molecular formula is C21H23N3O2. The molecule has 5 nitrogen and oxygen atoms in total. The van der Waals surface area contributed by atoms with Crippen molar-refractivity contribution in [2.24, 2.45) is 0 Å². The van der Waals surface area contributed by atoms with Crippen LogP contribution in [0.4, 0.5) is 11.4 Å². The first-order valence-electron chi connectivity index (χ1n) is 8.75. The second-order valence-corrected chi connectivity index (χ2v) is 5.85. The van der Waals surface area contributed by atoms with Crippen LogP contribution in [-0.4, -0.2) is 18.4 Å². The molecule has 0 heterocycles. The molecule has 0 bridgehead atoms. The number of hydrogen-bond donors (Lipinski definition) is 1. The van der Waals surface area contributed by atoms with Crippen molar-refractivity contribution >= 4 is 23.2 Å². The summed E-state index contributed by atoms with van der Waals surface area (Å²) in [7, 11) is 0. The van der Waals surface area contributed by atoms with E-state index in [9.17, 15) is 9.59 Å². The topological polar surface area (TPSA) is 73.2 Å². The van der Waals surface area contributed by atoms with Crippen molar-refractivity contribution in [2.75, 3.05) is 16.8 Å². The zero-order chi connectivity index (χ0) is 18.8. The number of para-hydroxylation sites is 2. The second kappa shape index (κ2) is 10.00. The average molecular weight is 349 g/mol. The van der Waals surface area contributed by atoms with E-state index in [1.807, 2.05) is 61.5 Å². The molecule has 0 radical (unpaired) electrons.